The van der Waals surface area contributed by atoms with Crippen LogP contribution < -0.4 is 19.5 Å². The lowest BCUT2D eigenvalue weighted by atomic mass is 10.2. The van der Waals surface area contributed by atoms with E-state index in [1.165, 1.54) is 0 Å². The predicted octanol–water partition coefficient (Wildman–Crippen LogP) is 3.04. The number of ether oxygens (including phenoxy) is 3. The molecular formula is C19H21NO4. The maximum Gasteiger partial charge on any atom is 0.255 e. The zero-order valence-electron chi connectivity index (χ0n) is 13.8. The molecule has 0 aliphatic carbocycles. The van der Waals surface area contributed by atoms with Crippen LogP contribution in [-0.4, -0.2) is 31.3 Å². The van der Waals surface area contributed by atoms with Crippen LogP contribution in [0.15, 0.2) is 48.5 Å². The van der Waals surface area contributed by atoms with Gasteiger partial charge in [-0.05, 0) is 38.1 Å². The minimum absolute atomic E-state index is 0.00512. The molecule has 5 nitrogen and oxygen atoms in total. The number of carbonyl (C=O) groups is 1. The van der Waals surface area contributed by atoms with E-state index in [1.54, 1.807) is 12.1 Å². The first-order valence-corrected chi connectivity index (χ1v) is 8.06. The quantitative estimate of drug-likeness (QED) is 0.917. The van der Waals surface area contributed by atoms with E-state index in [2.05, 4.69) is 5.32 Å². The van der Waals surface area contributed by atoms with Crippen molar-refractivity contribution < 1.29 is 19.0 Å². The van der Waals surface area contributed by atoms with Gasteiger partial charge in [-0.2, -0.15) is 0 Å². The number of para-hydroxylation sites is 3. The van der Waals surface area contributed by atoms with Crippen molar-refractivity contribution in [3.8, 4) is 17.2 Å². The fraction of sp³-hybridized carbons (Fsp3) is 0.316. The average molecular weight is 327 g/mol. The molecular weight excluding hydrogens is 306 g/mol. The molecule has 1 aliphatic heterocycles. The van der Waals surface area contributed by atoms with Crippen LogP contribution in [0.3, 0.4) is 0 Å². The van der Waals surface area contributed by atoms with Crippen LogP contribution in [-0.2, 0) is 0 Å². The second kappa shape index (κ2) is 7.25. The largest absolute Gasteiger partial charge is 0.490 e. The minimum atomic E-state index is -0.220. The Morgan fingerprint density at radius 1 is 1.17 bits per heavy atom. The van der Waals surface area contributed by atoms with Gasteiger partial charge in [0.05, 0.1) is 18.2 Å². The summed E-state index contributed by atoms with van der Waals surface area (Å²) in [6.45, 7) is 4.63. The van der Waals surface area contributed by atoms with Gasteiger partial charge < -0.3 is 19.5 Å². The fourth-order valence-corrected chi connectivity index (χ4v) is 2.48. The normalized spacial score (nSPS) is 15.9. The molecule has 0 bridgehead atoms. The van der Waals surface area contributed by atoms with Gasteiger partial charge in [-0.25, -0.2) is 0 Å². The van der Waals surface area contributed by atoms with E-state index in [0.717, 1.165) is 5.75 Å². The molecule has 0 saturated carbocycles. The Labute approximate surface area is 141 Å². The maximum atomic E-state index is 12.4. The lowest BCUT2D eigenvalue weighted by Crippen LogP contribution is -2.40. The molecule has 2 aromatic rings. The van der Waals surface area contributed by atoms with Crippen molar-refractivity contribution in [2.24, 2.45) is 0 Å². The smallest absolute Gasteiger partial charge is 0.255 e. The molecule has 0 aromatic heterocycles. The highest BCUT2D eigenvalue weighted by molar-refractivity contribution is 5.96. The molecule has 3 rings (SSSR count). The van der Waals surface area contributed by atoms with Gasteiger partial charge in [-0.15, -0.1) is 0 Å². The molecule has 2 aromatic carbocycles. The highest BCUT2D eigenvalue weighted by atomic mass is 16.6. The van der Waals surface area contributed by atoms with E-state index in [4.69, 9.17) is 14.2 Å². The van der Waals surface area contributed by atoms with E-state index in [1.807, 2.05) is 50.2 Å². The lowest BCUT2D eigenvalue weighted by molar-refractivity contribution is 0.0786. The molecule has 1 N–H and O–H groups in total. The average Bonchev–Trinajstić information content (AvgIpc) is 2.59. The molecule has 0 radical (unpaired) electrons. The van der Waals surface area contributed by atoms with Crippen LogP contribution in [0.4, 0.5) is 0 Å². The van der Waals surface area contributed by atoms with Gasteiger partial charge in [0.15, 0.2) is 11.5 Å². The molecule has 1 atom stereocenters. The Hall–Kier alpha value is -2.69. The van der Waals surface area contributed by atoms with Crippen LogP contribution in [0.2, 0.25) is 0 Å². The Balaban J connectivity index is 1.61. The predicted molar refractivity (Wildman–Crippen MR) is 90.9 cm³/mol. The number of amides is 1. The molecule has 0 unspecified atom stereocenters. The van der Waals surface area contributed by atoms with Gasteiger partial charge in [0.1, 0.15) is 18.5 Å². The molecule has 1 aliphatic rings. The van der Waals surface area contributed by atoms with Gasteiger partial charge >= 0.3 is 0 Å². The zero-order valence-corrected chi connectivity index (χ0v) is 13.8. The molecule has 0 saturated heterocycles. The first-order chi connectivity index (χ1) is 11.6. The number of rotatable bonds is 5. The monoisotopic (exact) mass is 327 g/mol. The van der Waals surface area contributed by atoms with Gasteiger partial charge in [-0.1, -0.05) is 24.3 Å². The van der Waals surface area contributed by atoms with Gasteiger partial charge in [0.2, 0.25) is 0 Å². The van der Waals surface area contributed by atoms with Crippen LogP contribution in [0.5, 0.6) is 17.2 Å². The highest BCUT2D eigenvalue weighted by Crippen LogP contribution is 2.30. The third-order valence-electron chi connectivity index (χ3n) is 3.55. The third-order valence-corrected chi connectivity index (χ3v) is 3.55. The summed E-state index contributed by atoms with van der Waals surface area (Å²) in [5.74, 6) is 1.83. The summed E-state index contributed by atoms with van der Waals surface area (Å²) in [6, 6.07) is 14.7. The lowest BCUT2D eigenvalue weighted by Gasteiger charge is -2.26. The standard InChI is InChI=1S/C19H21NO4/c1-13(2)23-16-8-4-3-7-15(16)19(21)20-11-14-12-22-17-9-5-6-10-18(17)24-14/h3-10,13-14H,11-12H2,1-2H3,(H,20,21)/t14-/m1/s1. The van der Waals surface area contributed by atoms with Gasteiger partial charge in [-0.3, -0.25) is 4.79 Å². The minimum Gasteiger partial charge on any atom is -0.490 e. The van der Waals surface area contributed by atoms with Crippen LogP contribution in [0.1, 0.15) is 24.2 Å². The van der Waals surface area contributed by atoms with E-state index in [0.29, 0.717) is 30.2 Å². The van der Waals surface area contributed by atoms with Crippen molar-refractivity contribution in [3.63, 3.8) is 0 Å². The van der Waals surface area contributed by atoms with Crippen molar-refractivity contribution in [2.75, 3.05) is 13.2 Å². The van der Waals surface area contributed by atoms with Crippen molar-refractivity contribution >= 4 is 5.91 Å². The molecule has 1 heterocycles. The van der Waals surface area contributed by atoms with E-state index >= 15 is 0 Å². The SMILES string of the molecule is CC(C)Oc1ccccc1C(=O)NC[C@@H]1COc2ccccc2O1. The fourth-order valence-electron chi connectivity index (χ4n) is 2.48. The molecule has 5 heteroatoms. The summed E-state index contributed by atoms with van der Waals surface area (Å²) < 4.78 is 17.2. The highest BCUT2D eigenvalue weighted by Gasteiger charge is 2.22. The van der Waals surface area contributed by atoms with Crippen LogP contribution >= 0.6 is 0 Å². The Morgan fingerprint density at radius 2 is 1.88 bits per heavy atom. The molecule has 126 valence electrons. The molecule has 1 amide bonds. The second-order valence-electron chi connectivity index (χ2n) is 5.87. The first-order valence-electron chi connectivity index (χ1n) is 8.06. The van der Waals surface area contributed by atoms with E-state index < -0.39 is 0 Å². The number of nitrogens with one attached hydrogen (secondary N) is 1. The first kappa shape index (κ1) is 16.2. The second-order valence-corrected chi connectivity index (χ2v) is 5.87. The molecule has 24 heavy (non-hydrogen) atoms. The topological polar surface area (TPSA) is 56.8 Å². The van der Waals surface area contributed by atoms with E-state index in [-0.39, 0.29) is 18.1 Å². The molecule has 0 spiro atoms. The van der Waals surface area contributed by atoms with Crippen LogP contribution in [0.25, 0.3) is 0 Å². The Bertz CT molecular complexity index is 714. The number of hydrogen-bond acceptors (Lipinski definition) is 4. The Morgan fingerprint density at radius 3 is 2.67 bits per heavy atom. The molecule has 0 fully saturated rings. The summed E-state index contributed by atoms with van der Waals surface area (Å²) in [7, 11) is 0. The number of carbonyl (C=O) groups excluding carboxylic acids is 1. The van der Waals surface area contributed by atoms with Crippen molar-refractivity contribution in [2.45, 2.75) is 26.1 Å². The van der Waals surface area contributed by atoms with Gasteiger partial charge in [0.25, 0.3) is 5.91 Å². The summed E-state index contributed by atoms with van der Waals surface area (Å²) in [6.07, 6.45) is -0.215. The number of hydrogen-bond donors (Lipinski definition) is 1. The van der Waals surface area contributed by atoms with Crippen molar-refractivity contribution in [3.05, 3.63) is 54.1 Å². The summed E-state index contributed by atoms with van der Waals surface area (Å²) in [4.78, 5) is 12.4. The maximum absolute atomic E-state index is 12.4. The van der Waals surface area contributed by atoms with Crippen LogP contribution in [0, 0.1) is 0 Å². The van der Waals surface area contributed by atoms with Crippen molar-refractivity contribution in [1.29, 1.82) is 0 Å². The van der Waals surface area contributed by atoms with Crippen molar-refractivity contribution in [1.82, 2.24) is 5.32 Å². The Kier molecular flexibility index (Phi) is 4.89. The van der Waals surface area contributed by atoms with E-state index in [9.17, 15) is 4.79 Å². The zero-order chi connectivity index (χ0) is 16.9. The number of fused-ring (bicyclic) bond motifs is 1. The summed E-state index contributed by atoms with van der Waals surface area (Å²) >= 11 is 0. The number of benzene rings is 2. The van der Waals surface area contributed by atoms with Gasteiger partial charge in [0, 0.05) is 0 Å². The third kappa shape index (κ3) is 3.79. The summed E-state index contributed by atoms with van der Waals surface area (Å²) in [5.41, 5.74) is 0.517. The summed E-state index contributed by atoms with van der Waals surface area (Å²) in [5, 5.41) is 2.89.